The zero-order chi connectivity index (χ0) is 11.0. The third-order valence-electron chi connectivity index (χ3n) is 2.28. The molecule has 1 saturated heterocycles. The van der Waals surface area contributed by atoms with E-state index in [0.717, 1.165) is 9.37 Å². The Morgan fingerprint density at radius 1 is 1.20 bits per heavy atom. The molecule has 0 aliphatic carbocycles. The van der Waals surface area contributed by atoms with Crippen molar-refractivity contribution in [1.29, 1.82) is 0 Å². The number of nitrogens with two attached hydrogens (primary N) is 1. The van der Waals surface area contributed by atoms with Gasteiger partial charge in [-0.15, -0.1) is 0 Å². The van der Waals surface area contributed by atoms with Crippen LogP contribution in [0.25, 0.3) is 0 Å². The fraction of sp³-hybridized carbons (Fsp3) is 0.200. The van der Waals surface area contributed by atoms with Gasteiger partial charge in [-0.3, -0.25) is 9.59 Å². The quantitative estimate of drug-likeness (QED) is 0.623. The second-order valence-electron chi connectivity index (χ2n) is 3.33. The van der Waals surface area contributed by atoms with Crippen molar-refractivity contribution in [3.8, 4) is 0 Å². The highest BCUT2D eigenvalue weighted by molar-refractivity contribution is 9.10. The average molecular weight is 269 g/mol. The molecule has 1 aromatic carbocycles. The van der Waals surface area contributed by atoms with E-state index < -0.39 is 0 Å². The molecule has 1 heterocycles. The van der Waals surface area contributed by atoms with Gasteiger partial charge < -0.3 is 5.73 Å². The van der Waals surface area contributed by atoms with Crippen molar-refractivity contribution in [3.63, 3.8) is 0 Å². The van der Waals surface area contributed by atoms with Gasteiger partial charge in [0.1, 0.15) is 0 Å². The van der Waals surface area contributed by atoms with Gasteiger partial charge >= 0.3 is 0 Å². The minimum absolute atomic E-state index is 0.190. The van der Waals surface area contributed by atoms with E-state index in [-0.39, 0.29) is 24.7 Å². The van der Waals surface area contributed by atoms with Gasteiger partial charge in [-0.1, -0.05) is 15.9 Å². The molecule has 2 rings (SSSR count). The Kier molecular flexibility index (Phi) is 2.48. The summed E-state index contributed by atoms with van der Waals surface area (Å²) in [6.07, 6.45) is 0.537. The number of anilines is 2. The Balaban J connectivity index is 2.48. The van der Waals surface area contributed by atoms with E-state index >= 15 is 0 Å². The summed E-state index contributed by atoms with van der Waals surface area (Å²) in [4.78, 5) is 24.1. The van der Waals surface area contributed by atoms with Crippen molar-refractivity contribution in [2.75, 3.05) is 10.6 Å². The molecular formula is C10H9BrN2O2. The Morgan fingerprint density at radius 2 is 1.80 bits per heavy atom. The van der Waals surface area contributed by atoms with Crippen LogP contribution in [0.1, 0.15) is 12.8 Å². The first kappa shape index (κ1) is 10.2. The second kappa shape index (κ2) is 3.66. The summed E-state index contributed by atoms with van der Waals surface area (Å²) in [5.41, 5.74) is 6.63. The molecule has 15 heavy (non-hydrogen) atoms. The maximum absolute atomic E-state index is 11.5. The first-order valence-electron chi connectivity index (χ1n) is 4.50. The minimum atomic E-state index is -0.190. The lowest BCUT2D eigenvalue weighted by molar-refractivity contribution is -0.121. The molecule has 0 spiro atoms. The molecule has 2 N–H and O–H groups in total. The predicted octanol–water partition coefficient (Wildman–Crippen LogP) is 1.68. The van der Waals surface area contributed by atoms with Crippen LogP contribution in [0.5, 0.6) is 0 Å². The van der Waals surface area contributed by atoms with Gasteiger partial charge in [0.2, 0.25) is 11.8 Å². The minimum Gasteiger partial charge on any atom is -0.397 e. The maximum Gasteiger partial charge on any atom is 0.234 e. The molecule has 78 valence electrons. The van der Waals surface area contributed by atoms with Gasteiger partial charge in [-0.05, 0) is 18.2 Å². The zero-order valence-corrected chi connectivity index (χ0v) is 9.45. The third kappa shape index (κ3) is 1.74. The number of benzene rings is 1. The van der Waals surface area contributed by atoms with Crippen molar-refractivity contribution >= 4 is 39.1 Å². The van der Waals surface area contributed by atoms with E-state index in [1.165, 1.54) is 0 Å². The smallest absolute Gasteiger partial charge is 0.234 e. The van der Waals surface area contributed by atoms with E-state index in [9.17, 15) is 9.59 Å². The number of rotatable bonds is 1. The SMILES string of the molecule is Nc1ccc(Br)cc1N1C(=O)CCC1=O. The number of hydrogen-bond donors (Lipinski definition) is 1. The van der Waals surface area contributed by atoms with E-state index in [1.54, 1.807) is 18.2 Å². The number of halogens is 1. The number of hydrogen-bond acceptors (Lipinski definition) is 3. The first-order valence-corrected chi connectivity index (χ1v) is 5.29. The van der Waals surface area contributed by atoms with Crippen LogP contribution >= 0.6 is 15.9 Å². The molecule has 1 aromatic rings. The number of imide groups is 1. The van der Waals surface area contributed by atoms with Crippen LogP contribution in [0.4, 0.5) is 11.4 Å². The van der Waals surface area contributed by atoms with Crippen LogP contribution in [0, 0.1) is 0 Å². The highest BCUT2D eigenvalue weighted by Crippen LogP contribution is 2.30. The number of nitrogen functional groups attached to an aromatic ring is 1. The fourth-order valence-corrected chi connectivity index (χ4v) is 1.90. The summed E-state index contributed by atoms with van der Waals surface area (Å²) in [7, 11) is 0. The molecule has 4 nitrogen and oxygen atoms in total. The highest BCUT2D eigenvalue weighted by Gasteiger charge is 2.31. The van der Waals surface area contributed by atoms with Crippen molar-refractivity contribution in [2.45, 2.75) is 12.8 Å². The normalized spacial score (nSPS) is 16.2. The molecule has 2 amide bonds. The predicted molar refractivity (Wildman–Crippen MR) is 60.3 cm³/mol. The highest BCUT2D eigenvalue weighted by atomic mass is 79.9. The van der Waals surface area contributed by atoms with Crippen molar-refractivity contribution in [1.82, 2.24) is 0 Å². The monoisotopic (exact) mass is 268 g/mol. The van der Waals surface area contributed by atoms with Gasteiger partial charge in [0.25, 0.3) is 0 Å². The second-order valence-corrected chi connectivity index (χ2v) is 4.24. The Morgan fingerprint density at radius 3 is 2.40 bits per heavy atom. The summed E-state index contributed by atoms with van der Waals surface area (Å²) in [5.74, 6) is -0.380. The summed E-state index contributed by atoms with van der Waals surface area (Å²) in [6, 6.07) is 5.11. The average Bonchev–Trinajstić information content (AvgIpc) is 2.51. The van der Waals surface area contributed by atoms with Gasteiger partial charge in [-0.25, -0.2) is 4.90 Å². The largest absolute Gasteiger partial charge is 0.397 e. The van der Waals surface area contributed by atoms with E-state index in [4.69, 9.17) is 5.73 Å². The molecule has 0 bridgehead atoms. The topological polar surface area (TPSA) is 63.4 Å². The van der Waals surface area contributed by atoms with Crippen LogP contribution in [0.2, 0.25) is 0 Å². The first-order chi connectivity index (χ1) is 7.09. The van der Waals surface area contributed by atoms with Crippen molar-refractivity contribution in [3.05, 3.63) is 22.7 Å². The van der Waals surface area contributed by atoms with Crippen molar-refractivity contribution < 1.29 is 9.59 Å². The Bertz CT molecular complexity index is 429. The molecule has 0 radical (unpaired) electrons. The van der Waals surface area contributed by atoms with Gasteiger partial charge in [0.05, 0.1) is 11.4 Å². The van der Waals surface area contributed by atoms with E-state index in [1.807, 2.05) is 0 Å². The van der Waals surface area contributed by atoms with Crippen molar-refractivity contribution in [2.24, 2.45) is 0 Å². The molecule has 0 saturated carbocycles. The molecule has 1 aliphatic rings. The lowest BCUT2D eigenvalue weighted by Crippen LogP contribution is -2.29. The fourth-order valence-electron chi connectivity index (χ4n) is 1.56. The maximum atomic E-state index is 11.5. The summed E-state index contributed by atoms with van der Waals surface area (Å²) in [5, 5.41) is 0. The van der Waals surface area contributed by atoms with Gasteiger partial charge in [0.15, 0.2) is 0 Å². The molecule has 0 aromatic heterocycles. The molecule has 1 aliphatic heterocycles. The standard InChI is InChI=1S/C10H9BrN2O2/c11-6-1-2-7(12)8(5-6)13-9(14)3-4-10(13)15/h1-2,5H,3-4,12H2. The lowest BCUT2D eigenvalue weighted by Gasteiger charge is -2.16. The summed E-state index contributed by atoms with van der Waals surface area (Å²) >= 11 is 3.28. The molecule has 0 atom stereocenters. The lowest BCUT2D eigenvalue weighted by atomic mass is 10.2. The molecule has 1 fully saturated rings. The van der Waals surface area contributed by atoms with Crippen LogP contribution in [-0.2, 0) is 9.59 Å². The van der Waals surface area contributed by atoms with Crippen LogP contribution in [-0.4, -0.2) is 11.8 Å². The van der Waals surface area contributed by atoms with E-state index in [0.29, 0.717) is 11.4 Å². The van der Waals surface area contributed by atoms with Gasteiger partial charge in [0, 0.05) is 17.3 Å². The number of amides is 2. The number of carbonyl (C=O) groups is 2. The van der Waals surface area contributed by atoms with Gasteiger partial charge in [-0.2, -0.15) is 0 Å². The zero-order valence-electron chi connectivity index (χ0n) is 7.87. The number of carbonyl (C=O) groups excluding carboxylic acids is 2. The summed E-state index contributed by atoms with van der Waals surface area (Å²) in [6.45, 7) is 0. The Hall–Kier alpha value is -1.36. The number of nitrogens with zero attached hydrogens (tertiary/aromatic N) is 1. The van der Waals surface area contributed by atoms with E-state index in [2.05, 4.69) is 15.9 Å². The molecule has 0 unspecified atom stereocenters. The molecule has 5 heteroatoms. The van der Waals surface area contributed by atoms with Crippen LogP contribution in [0.3, 0.4) is 0 Å². The summed E-state index contributed by atoms with van der Waals surface area (Å²) < 4.78 is 0.791. The molecular weight excluding hydrogens is 260 g/mol. The van der Waals surface area contributed by atoms with Crippen LogP contribution < -0.4 is 10.6 Å². The van der Waals surface area contributed by atoms with Crippen LogP contribution in [0.15, 0.2) is 22.7 Å². The Labute approximate surface area is 95.2 Å². The third-order valence-corrected chi connectivity index (χ3v) is 2.78.